The maximum atomic E-state index is 13.1. The van der Waals surface area contributed by atoms with E-state index in [0.717, 1.165) is 18.7 Å². The summed E-state index contributed by atoms with van der Waals surface area (Å²) in [5.74, 6) is -2.10. The minimum absolute atomic E-state index is 0.0733. The summed E-state index contributed by atoms with van der Waals surface area (Å²) in [6, 6.07) is 19.2. The number of para-hydroxylation sites is 1. The molecule has 0 heterocycles. The van der Waals surface area contributed by atoms with Crippen LogP contribution < -0.4 is 4.47 Å². The largest absolute Gasteiger partial charge is 0.505 e. The van der Waals surface area contributed by atoms with E-state index in [1.54, 1.807) is 12.1 Å². The van der Waals surface area contributed by atoms with Gasteiger partial charge in [0.15, 0.2) is 5.75 Å². The molecule has 3 rings (SSSR count). The number of carboxylic acid groups (broad SMARTS) is 1. The predicted molar refractivity (Wildman–Crippen MR) is 104 cm³/mol. The lowest BCUT2D eigenvalue weighted by Gasteiger charge is -2.23. The summed E-state index contributed by atoms with van der Waals surface area (Å²) in [6.07, 6.45) is 0. The van der Waals surface area contributed by atoms with Gasteiger partial charge in [-0.3, -0.25) is 4.84 Å². The summed E-state index contributed by atoms with van der Waals surface area (Å²) in [4.78, 5) is 16.2. The first-order chi connectivity index (χ1) is 13.4. The van der Waals surface area contributed by atoms with Crippen molar-refractivity contribution in [1.29, 1.82) is 0 Å². The number of sulfonamides is 1. The lowest BCUT2D eigenvalue weighted by molar-refractivity contribution is 0.0693. The Balaban J connectivity index is 2.09. The molecule has 0 bridgehead atoms. The summed E-state index contributed by atoms with van der Waals surface area (Å²) in [5.41, 5.74) is 0.778. The molecule has 0 aliphatic carbocycles. The van der Waals surface area contributed by atoms with E-state index in [2.05, 4.69) is 0 Å². The van der Waals surface area contributed by atoms with E-state index in [0.29, 0.717) is 10.0 Å². The lowest BCUT2D eigenvalue weighted by atomic mass is 10.1. The van der Waals surface area contributed by atoms with Crippen molar-refractivity contribution >= 4 is 21.7 Å². The van der Waals surface area contributed by atoms with Gasteiger partial charge in [0, 0.05) is 0 Å². The highest BCUT2D eigenvalue weighted by atomic mass is 32.2. The van der Waals surface area contributed by atoms with Gasteiger partial charge >= 0.3 is 5.97 Å². The Morgan fingerprint density at radius 1 is 0.929 bits per heavy atom. The molecule has 2 N–H and O–H groups in total. The number of rotatable bonds is 6. The second-order valence-corrected chi connectivity index (χ2v) is 7.54. The predicted octanol–water partition coefficient (Wildman–Crippen LogP) is 3.51. The molecule has 3 aromatic carbocycles. The minimum atomic E-state index is -4.24. The maximum Gasteiger partial charge on any atom is 0.339 e. The van der Waals surface area contributed by atoms with Crippen LogP contribution in [0.3, 0.4) is 0 Å². The number of phenols is 1. The summed E-state index contributed by atoms with van der Waals surface area (Å²) in [7, 11) is -3.12. The second-order valence-electron chi connectivity index (χ2n) is 5.79. The Bertz CT molecular complexity index is 1110. The molecule has 0 aliphatic heterocycles. The van der Waals surface area contributed by atoms with Crippen LogP contribution in [0.1, 0.15) is 10.4 Å². The zero-order valence-electron chi connectivity index (χ0n) is 14.8. The number of anilines is 1. The first-order valence-electron chi connectivity index (χ1n) is 8.16. The third-order valence-electron chi connectivity index (χ3n) is 4.06. The topological polar surface area (TPSA) is 104 Å². The molecule has 0 amide bonds. The van der Waals surface area contributed by atoms with Crippen molar-refractivity contribution in [3.63, 3.8) is 0 Å². The molecule has 0 unspecified atom stereocenters. The Morgan fingerprint density at radius 3 is 2.21 bits per heavy atom. The fraction of sp³-hybridized carbons (Fsp3) is 0.0500. The summed E-state index contributed by atoms with van der Waals surface area (Å²) in [6.45, 7) is 0. The number of benzene rings is 3. The van der Waals surface area contributed by atoms with E-state index in [4.69, 9.17) is 9.94 Å². The normalized spacial score (nSPS) is 11.2. The highest BCUT2D eigenvalue weighted by molar-refractivity contribution is 7.92. The van der Waals surface area contributed by atoms with Crippen LogP contribution in [0.5, 0.6) is 5.75 Å². The number of carboxylic acids is 1. The molecule has 3 aromatic rings. The zero-order chi connectivity index (χ0) is 20.3. The van der Waals surface area contributed by atoms with E-state index in [9.17, 15) is 18.3 Å². The van der Waals surface area contributed by atoms with Crippen molar-refractivity contribution in [2.45, 2.75) is 4.90 Å². The van der Waals surface area contributed by atoms with E-state index in [1.165, 1.54) is 24.3 Å². The SMILES string of the molecule is CON(c1cccc(C(=O)O)c1O)S(=O)(=O)c1cccc(-c2ccccc2)c1. The molecular weight excluding hydrogens is 382 g/mol. The van der Waals surface area contributed by atoms with Crippen LogP contribution in [0, 0.1) is 0 Å². The molecule has 0 fully saturated rings. The quantitative estimate of drug-likeness (QED) is 0.615. The zero-order valence-corrected chi connectivity index (χ0v) is 15.6. The molecule has 0 aliphatic rings. The third kappa shape index (κ3) is 3.55. The molecule has 0 aromatic heterocycles. The molecule has 0 radical (unpaired) electrons. The van der Waals surface area contributed by atoms with Crippen molar-refractivity contribution < 1.29 is 28.3 Å². The molecule has 144 valence electrons. The van der Waals surface area contributed by atoms with Crippen molar-refractivity contribution in [2.75, 3.05) is 11.6 Å². The number of hydrogen-bond donors (Lipinski definition) is 2. The van der Waals surface area contributed by atoms with Gasteiger partial charge in [-0.2, -0.15) is 8.42 Å². The summed E-state index contributed by atoms with van der Waals surface area (Å²) >= 11 is 0. The van der Waals surface area contributed by atoms with Crippen molar-refractivity contribution in [2.24, 2.45) is 0 Å². The molecule has 0 atom stereocenters. The third-order valence-corrected chi connectivity index (χ3v) is 5.70. The minimum Gasteiger partial charge on any atom is -0.505 e. The number of aromatic carboxylic acids is 1. The van der Waals surface area contributed by atoms with Crippen LogP contribution in [-0.4, -0.2) is 31.7 Å². The van der Waals surface area contributed by atoms with Crippen LogP contribution >= 0.6 is 0 Å². The Labute approximate surface area is 162 Å². The van der Waals surface area contributed by atoms with Crippen molar-refractivity contribution in [3.05, 3.63) is 78.4 Å². The van der Waals surface area contributed by atoms with Crippen LogP contribution in [0.4, 0.5) is 5.69 Å². The molecule has 0 saturated carbocycles. The highest BCUT2D eigenvalue weighted by Gasteiger charge is 2.29. The van der Waals surface area contributed by atoms with Crippen LogP contribution in [-0.2, 0) is 14.9 Å². The molecule has 0 saturated heterocycles. The van der Waals surface area contributed by atoms with Gasteiger partial charge in [-0.1, -0.05) is 48.5 Å². The molecular formula is C20H17NO6S. The Morgan fingerprint density at radius 2 is 1.57 bits per heavy atom. The van der Waals surface area contributed by atoms with Crippen LogP contribution in [0.15, 0.2) is 77.7 Å². The van der Waals surface area contributed by atoms with Gasteiger partial charge in [0.2, 0.25) is 0 Å². The van der Waals surface area contributed by atoms with Gasteiger partial charge in [0.25, 0.3) is 10.0 Å². The van der Waals surface area contributed by atoms with Gasteiger partial charge in [-0.15, -0.1) is 4.47 Å². The van der Waals surface area contributed by atoms with E-state index >= 15 is 0 Å². The first kappa shape index (κ1) is 19.4. The van der Waals surface area contributed by atoms with E-state index in [-0.39, 0.29) is 10.6 Å². The monoisotopic (exact) mass is 399 g/mol. The summed E-state index contributed by atoms with van der Waals surface area (Å²) < 4.78 is 26.7. The highest BCUT2D eigenvalue weighted by Crippen LogP contribution is 2.35. The average molecular weight is 399 g/mol. The maximum absolute atomic E-state index is 13.1. The van der Waals surface area contributed by atoms with Gasteiger partial charge in [-0.05, 0) is 35.4 Å². The van der Waals surface area contributed by atoms with Crippen molar-refractivity contribution in [3.8, 4) is 16.9 Å². The number of aromatic hydroxyl groups is 1. The molecule has 28 heavy (non-hydrogen) atoms. The van der Waals surface area contributed by atoms with Gasteiger partial charge in [0.1, 0.15) is 11.3 Å². The van der Waals surface area contributed by atoms with Crippen LogP contribution in [0.25, 0.3) is 11.1 Å². The fourth-order valence-electron chi connectivity index (χ4n) is 2.74. The smallest absolute Gasteiger partial charge is 0.339 e. The van der Waals surface area contributed by atoms with Gasteiger partial charge in [0.05, 0.1) is 12.0 Å². The van der Waals surface area contributed by atoms with Crippen molar-refractivity contribution in [1.82, 2.24) is 0 Å². The van der Waals surface area contributed by atoms with E-state index < -0.39 is 27.3 Å². The Kier molecular flexibility index (Phi) is 5.34. The average Bonchev–Trinajstić information content (AvgIpc) is 2.70. The number of carbonyl (C=O) groups is 1. The molecule has 7 nitrogen and oxygen atoms in total. The lowest BCUT2D eigenvalue weighted by Crippen LogP contribution is -2.30. The van der Waals surface area contributed by atoms with E-state index in [1.807, 2.05) is 30.3 Å². The van der Waals surface area contributed by atoms with Gasteiger partial charge in [-0.25, -0.2) is 4.79 Å². The van der Waals surface area contributed by atoms with Crippen LogP contribution in [0.2, 0.25) is 0 Å². The Hall–Kier alpha value is -3.36. The standard InChI is InChI=1S/C20H17NO6S/c1-27-21(18-12-6-11-17(19(18)22)20(23)24)28(25,26)16-10-5-9-15(13-16)14-7-3-2-4-8-14/h2-13,22H,1H3,(H,23,24). The fourth-order valence-corrected chi connectivity index (χ4v) is 4.06. The number of hydrogen-bond acceptors (Lipinski definition) is 5. The first-order valence-corrected chi connectivity index (χ1v) is 9.60. The second kappa shape index (κ2) is 7.71. The van der Waals surface area contributed by atoms with Gasteiger partial charge < -0.3 is 10.2 Å². The molecule has 8 heteroatoms. The summed E-state index contributed by atoms with van der Waals surface area (Å²) in [5, 5.41) is 19.4. The molecule has 0 spiro atoms. The number of nitrogens with zero attached hydrogens (tertiary/aromatic N) is 1.